The van der Waals surface area contributed by atoms with Crippen LogP contribution in [0.1, 0.15) is 44.1 Å². The van der Waals surface area contributed by atoms with Gasteiger partial charge in [-0.1, -0.05) is 36.7 Å². The summed E-state index contributed by atoms with van der Waals surface area (Å²) in [6.07, 6.45) is 6.41. The van der Waals surface area contributed by atoms with Crippen LogP contribution in [0.25, 0.3) is 10.9 Å². The zero-order valence-corrected chi connectivity index (χ0v) is 16.8. The summed E-state index contributed by atoms with van der Waals surface area (Å²) < 4.78 is 0. The molecule has 0 aliphatic heterocycles. The lowest BCUT2D eigenvalue weighted by Gasteiger charge is -2.32. The zero-order chi connectivity index (χ0) is 19.5. The van der Waals surface area contributed by atoms with Crippen molar-refractivity contribution in [3.63, 3.8) is 0 Å². The summed E-state index contributed by atoms with van der Waals surface area (Å²) >= 11 is 5.91. The number of hydrogen-bond acceptors (Lipinski definition) is 2. The molecule has 28 heavy (non-hydrogen) atoms. The lowest BCUT2D eigenvalue weighted by molar-refractivity contribution is -0.121. The number of nitrogens with one attached hydrogen (secondary N) is 1. The molecule has 4 rings (SSSR count). The van der Waals surface area contributed by atoms with Gasteiger partial charge in [0, 0.05) is 28.2 Å². The highest BCUT2D eigenvalue weighted by Gasteiger charge is 2.29. The fourth-order valence-corrected chi connectivity index (χ4v) is 4.39. The highest BCUT2D eigenvalue weighted by Crippen LogP contribution is 2.39. The summed E-state index contributed by atoms with van der Waals surface area (Å²) in [7, 11) is 0. The Morgan fingerprint density at radius 2 is 1.79 bits per heavy atom. The van der Waals surface area contributed by atoms with Crippen LogP contribution < -0.4 is 5.32 Å². The Morgan fingerprint density at radius 3 is 2.54 bits per heavy atom. The number of pyridine rings is 1. The molecular formula is C24H25ClN2O. The number of fused-ring (bicyclic) bond motifs is 1. The van der Waals surface area contributed by atoms with E-state index in [2.05, 4.69) is 34.6 Å². The highest BCUT2D eigenvalue weighted by atomic mass is 35.5. The van der Waals surface area contributed by atoms with Gasteiger partial charge in [-0.15, -0.1) is 0 Å². The molecule has 1 aliphatic rings. The van der Waals surface area contributed by atoms with E-state index in [1.807, 2.05) is 31.3 Å². The molecule has 1 aromatic heterocycles. The molecule has 1 atom stereocenters. The predicted octanol–water partition coefficient (Wildman–Crippen LogP) is 6.44. The summed E-state index contributed by atoms with van der Waals surface area (Å²) in [5.41, 5.74) is 3.18. The van der Waals surface area contributed by atoms with Crippen LogP contribution in [0.15, 0.2) is 60.8 Å². The fourth-order valence-electron chi connectivity index (χ4n) is 4.27. The molecule has 0 bridgehead atoms. The quantitative estimate of drug-likeness (QED) is 0.555. The molecule has 3 nitrogen and oxygen atoms in total. The molecule has 0 spiro atoms. The van der Waals surface area contributed by atoms with Crippen molar-refractivity contribution in [2.24, 2.45) is 11.8 Å². The number of halogens is 1. The number of carbonyl (C=O) groups excluding carboxylic acids is 1. The molecule has 1 fully saturated rings. The number of aromatic nitrogens is 1. The first-order valence-corrected chi connectivity index (χ1v) is 10.4. The largest absolute Gasteiger partial charge is 0.326 e. The molecule has 1 amide bonds. The van der Waals surface area contributed by atoms with Gasteiger partial charge < -0.3 is 5.32 Å². The Morgan fingerprint density at radius 1 is 1.07 bits per heavy atom. The van der Waals surface area contributed by atoms with E-state index >= 15 is 0 Å². The van der Waals surface area contributed by atoms with Crippen molar-refractivity contribution in [2.45, 2.75) is 38.5 Å². The van der Waals surface area contributed by atoms with Crippen molar-refractivity contribution in [2.75, 3.05) is 5.32 Å². The zero-order valence-electron chi connectivity index (χ0n) is 16.1. The number of para-hydroxylation sites is 1. The van der Waals surface area contributed by atoms with Crippen LogP contribution in [0, 0.1) is 11.8 Å². The third-order valence-corrected chi connectivity index (χ3v) is 6.34. The van der Waals surface area contributed by atoms with Crippen LogP contribution in [-0.4, -0.2) is 10.9 Å². The second-order valence-electron chi connectivity index (χ2n) is 7.86. The van der Waals surface area contributed by atoms with E-state index in [1.54, 1.807) is 12.1 Å². The van der Waals surface area contributed by atoms with Gasteiger partial charge in [-0.3, -0.25) is 9.78 Å². The number of carbonyl (C=O) groups is 1. The van der Waals surface area contributed by atoms with Gasteiger partial charge in [-0.2, -0.15) is 0 Å². The van der Waals surface area contributed by atoms with Crippen molar-refractivity contribution in [3.05, 3.63) is 71.4 Å². The molecule has 4 heteroatoms. The molecule has 0 radical (unpaired) electrons. The van der Waals surface area contributed by atoms with Crippen LogP contribution in [0.2, 0.25) is 5.02 Å². The molecule has 1 N–H and O–H groups in total. The fraction of sp³-hybridized carbons (Fsp3) is 0.333. The normalized spacial score (nSPS) is 20.6. The SMILES string of the molecule is C[C@H](C(=O)Nc1ccc(Cl)cc1)[C@H]1CC[C@@H](c2cnc3ccccc3c2)CC1. The number of amides is 1. The second-order valence-corrected chi connectivity index (χ2v) is 8.29. The minimum absolute atomic E-state index is 0.00589. The summed E-state index contributed by atoms with van der Waals surface area (Å²) in [6.45, 7) is 2.05. The molecule has 1 heterocycles. The first kappa shape index (κ1) is 18.9. The van der Waals surface area contributed by atoms with Crippen molar-refractivity contribution in [1.82, 2.24) is 4.98 Å². The molecule has 144 valence electrons. The van der Waals surface area contributed by atoms with Gasteiger partial charge in [0.1, 0.15) is 0 Å². The lowest BCUT2D eigenvalue weighted by atomic mass is 9.74. The minimum atomic E-state index is 0.00589. The topological polar surface area (TPSA) is 42.0 Å². The molecule has 0 unspecified atom stereocenters. The summed E-state index contributed by atoms with van der Waals surface area (Å²) in [5, 5.41) is 4.90. The van der Waals surface area contributed by atoms with Gasteiger partial charge in [-0.05, 0) is 79.5 Å². The third-order valence-electron chi connectivity index (χ3n) is 6.09. The molecule has 1 saturated carbocycles. The van der Waals surface area contributed by atoms with E-state index in [-0.39, 0.29) is 11.8 Å². The smallest absolute Gasteiger partial charge is 0.227 e. The first-order valence-electron chi connectivity index (χ1n) is 10.0. The molecular weight excluding hydrogens is 368 g/mol. The van der Waals surface area contributed by atoms with Crippen LogP contribution in [0.3, 0.4) is 0 Å². The van der Waals surface area contributed by atoms with E-state index in [1.165, 1.54) is 10.9 Å². The average Bonchev–Trinajstić information content (AvgIpc) is 2.74. The molecule has 2 aromatic carbocycles. The van der Waals surface area contributed by atoms with Crippen LogP contribution in [-0.2, 0) is 4.79 Å². The van der Waals surface area contributed by atoms with E-state index in [0.29, 0.717) is 16.9 Å². The van der Waals surface area contributed by atoms with Crippen molar-refractivity contribution >= 4 is 34.1 Å². The summed E-state index contributed by atoms with van der Waals surface area (Å²) in [6, 6.07) is 17.8. The van der Waals surface area contributed by atoms with Gasteiger partial charge in [0.15, 0.2) is 0 Å². The van der Waals surface area contributed by atoms with Crippen LogP contribution >= 0.6 is 11.6 Å². The van der Waals surface area contributed by atoms with Gasteiger partial charge >= 0.3 is 0 Å². The Kier molecular flexibility index (Phi) is 5.63. The van der Waals surface area contributed by atoms with Crippen molar-refractivity contribution < 1.29 is 4.79 Å². The van der Waals surface area contributed by atoms with E-state index in [9.17, 15) is 4.79 Å². The summed E-state index contributed by atoms with van der Waals surface area (Å²) in [4.78, 5) is 17.3. The second kappa shape index (κ2) is 8.32. The van der Waals surface area contributed by atoms with Crippen molar-refractivity contribution in [1.29, 1.82) is 0 Å². The van der Waals surface area contributed by atoms with E-state index < -0.39 is 0 Å². The number of anilines is 1. The van der Waals surface area contributed by atoms with Gasteiger partial charge in [-0.25, -0.2) is 0 Å². The number of benzene rings is 2. The number of hydrogen-bond donors (Lipinski definition) is 1. The minimum Gasteiger partial charge on any atom is -0.326 e. The number of nitrogens with zero attached hydrogens (tertiary/aromatic N) is 1. The van der Waals surface area contributed by atoms with Crippen LogP contribution in [0.5, 0.6) is 0 Å². The van der Waals surface area contributed by atoms with Gasteiger partial charge in [0.25, 0.3) is 0 Å². The van der Waals surface area contributed by atoms with Crippen molar-refractivity contribution in [3.8, 4) is 0 Å². The predicted molar refractivity (Wildman–Crippen MR) is 116 cm³/mol. The summed E-state index contributed by atoms with van der Waals surface area (Å²) in [5.74, 6) is 1.07. The lowest BCUT2D eigenvalue weighted by Crippen LogP contribution is -2.29. The monoisotopic (exact) mass is 392 g/mol. The standard InChI is InChI=1S/C24H25ClN2O/c1-16(24(28)27-22-12-10-21(25)11-13-22)17-6-8-18(9-7-17)20-14-19-4-2-3-5-23(19)26-15-20/h2-5,10-18H,6-9H2,1H3,(H,27,28)/t16-,17-,18+/m0/s1. The first-order chi connectivity index (χ1) is 13.6. The molecule has 3 aromatic rings. The Bertz CT molecular complexity index is 962. The highest BCUT2D eigenvalue weighted by molar-refractivity contribution is 6.30. The maximum atomic E-state index is 12.6. The Balaban J connectivity index is 1.36. The number of rotatable bonds is 4. The average molecular weight is 393 g/mol. The van der Waals surface area contributed by atoms with Gasteiger partial charge in [0.2, 0.25) is 5.91 Å². The van der Waals surface area contributed by atoms with E-state index in [0.717, 1.165) is 36.9 Å². The Labute approximate surface area is 171 Å². The third kappa shape index (κ3) is 4.20. The van der Waals surface area contributed by atoms with E-state index in [4.69, 9.17) is 11.6 Å². The molecule has 1 aliphatic carbocycles. The van der Waals surface area contributed by atoms with Crippen LogP contribution in [0.4, 0.5) is 5.69 Å². The maximum Gasteiger partial charge on any atom is 0.227 e. The Hall–Kier alpha value is -2.39. The maximum absolute atomic E-state index is 12.6. The van der Waals surface area contributed by atoms with Gasteiger partial charge in [0.05, 0.1) is 5.52 Å². The molecule has 0 saturated heterocycles.